The first-order valence-corrected chi connectivity index (χ1v) is 7.71. The van der Waals surface area contributed by atoms with Gasteiger partial charge in [0.1, 0.15) is 10.8 Å². The summed E-state index contributed by atoms with van der Waals surface area (Å²) in [6.07, 6.45) is 0. The highest BCUT2D eigenvalue weighted by Crippen LogP contribution is 2.28. The van der Waals surface area contributed by atoms with Crippen molar-refractivity contribution in [2.75, 3.05) is 7.11 Å². The van der Waals surface area contributed by atoms with Gasteiger partial charge in [-0.1, -0.05) is 6.58 Å². The van der Waals surface area contributed by atoms with Crippen LogP contribution in [-0.4, -0.2) is 17.1 Å². The molecule has 3 rings (SSSR count). The third kappa shape index (κ3) is 2.33. The van der Waals surface area contributed by atoms with Crippen LogP contribution in [0.15, 0.2) is 35.0 Å². The average molecular weight is 312 g/mol. The molecule has 0 radical (unpaired) electrons. The number of hydrogen-bond donors (Lipinski definition) is 1. The van der Waals surface area contributed by atoms with Gasteiger partial charge in [-0.05, 0) is 31.6 Å². The van der Waals surface area contributed by atoms with Crippen LogP contribution in [0.25, 0.3) is 27.2 Å². The van der Waals surface area contributed by atoms with Crippen LogP contribution in [0.5, 0.6) is 5.75 Å². The fourth-order valence-corrected chi connectivity index (χ4v) is 3.23. The van der Waals surface area contributed by atoms with Crippen LogP contribution in [-0.2, 0) is 0 Å². The summed E-state index contributed by atoms with van der Waals surface area (Å²) in [5.74, 6) is 0.752. The van der Waals surface area contributed by atoms with E-state index < -0.39 is 0 Å². The maximum atomic E-state index is 12.4. The number of aromatic amines is 1. The molecular weight excluding hydrogens is 296 g/mol. The Morgan fingerprint density at radius 3 is 2.82 bits per heavy atom. The maximum absolute atomic E-state index is 12.4. The number of aryl methyl sites for hydroxylation is 1. The van der Waals surface area contributed by atoms with E-state index in [1.54, 1.807) is 19.2 Å². The van der Waals surface area contributed by atoms with Crippen molar-refractivity contribution in [2.24, 2.45) is 0 Å². The second-order valence-corrected chi connectivity index (χ2v) is 6.04. The fourth-order valence-electron chi connectivity index (χ4n) is 2.37. The van der Waals surface area contributed by atoms with Crippen molar-refractivity contribution in [3.63, 3.8) is 0 Å². The van der Waals surface area contributed by atoms with Gasteiger partial charge in [0.25, 0.3) is 0 Å². The third-order valence-electron chi connectivity index (χ3n) is 3.61. The van der Waals surface area contributed by atoms with Gasteiger partial charge in [-0.25, -0.2) is 4.98 Å². The predicted molar refractivity (Wildman–Crippen MR) is 91.7 cm³/mol. The maximum Gasteiger partial charge on any atom is 0.190 e. The number of nitrogens with one attached hydrogen (secondary N) is 1. The molecule has 0 unspecified atom stereocenters. The summed E-state index contributed by atoms with van der Waals surface area (Å²) in [4.78, 5) is 20.2. The Hall–Kier alpha value is -2.40. The smallest absolute Gasteiger partial charge is 0.190 e. The number of fused-ring (bicyclic) bond motifs is 1. The lowest BCUT2D eigenvalue weighted by Gasteiger charge is -2.09. The van der Waals surface area contributed by atoms with Crippen LogP contribution in [0.2, 0.25) is 0 Å². The van der Waals surface area contributed by atoms with Crippen LogP contribution in [0.4, 0.5) is 0 Å². The molecule has 0 saturated carbocycles. The van der Waals surface area contributed by atoms with Gasteiger partial charge in [0.05, 0.1) is 24.0 Å². The molecule has 0 aliphatic heterocycles. The van der Waals surface area contributed by atoms with Gasteiger partial charge in [-0.2, -0.15) is 0 Å². The summed E-state index contributed by atoms with van der Waals surface area (Å²) < 4.78 is 5.33. The molecule has 2 aromatic heterocycles. The highest BCUT2D eigenvalue weighted by Gasteiger charge is 2.12. The summed E-state index contributed by atoms with van der Waals surface area (Å²) in [6, 6.07) is 5.19. The zero-order valence-corrected chi connectivity index (χ0v) is 13.5. The number of nitrogens with zero attached hydrogens (tertiary/aromatic N) is 1. The molecule has 0 saturated heterocycles. The molecule has 2 heterocycles. The number of H-pyrrole nitrogens is 1. The Morgan fingerprint density at radius 2 is 2.18 bits per heavy atom. The minimum atomic E-state index is -0.0263. The molecule has 0 spiro atoms. The summed E-state index contributed by atoms with van der Waals surface area (Å²) in [5, 5.41) is 3.37. The zero-order valence-electron chi connectivity index (χ0n) is 12.7. The number of hydrogen-bond acceptors (Lipinski definition) is 4. The monoisotopic (exact) mass is 312 g/mol. The SMILES string of the molecule is C=C(C)c1csc(-c2cc(=O)c3ccc(OC)c(C)c3[nH]2)n1. The molecule has 0 bridgehead atoms. The molecule has 0 aliphatic carbocycles. The summed E-state index contributed by atoms with van der Waals surface area (Å²) in [5.41, 5.74) is 4.14. The number of benzene rings is 1. The largest absolute Gasteiger partial charge is 0.496 e. The van der Waals surface area contributed by atoms with Crippen LogP contribution in [0, 0.1) is 6.92 Å². The van der Waals surface area contributed by atoms with Gasteiger partial charge in [-0.3, -0.25) is 4.79 Å². The zero-order chi connectivity index (χ0) is 15.9. The van der Waals surface area contributed by atoms with Gasteiger partial charge in [0.2, 0.25) is 0 Å². The van der Waals surface area contributed by atoms with Crippen molar-refractivity contribution < 1.29 is 4.74 Å². The average Bonchev–Trinajstić information content (AvgIpc) is 2.98. The molecule has 1 aromatic carbocycles. The highest BCUT2D eigenvalue weighted by molar-refractivity contribution is 7.13. The van der Waals surface area contributed by atoms with E-state index in [9.17, 15) is 4.79 Å². The second-order valence-electron chi connectivity index (χ2n) is 5.18. The predicted octanol–water partition coefficient (Wildman–Crippen LogP) is 4.00. The van der Waals surface area contributed by atoms with Crippen molar-refractivity contribution in [3.05, 3.63) is 51.6 Å². The first kappa shape index (κ1) is 14.5. The number of ether oxygens (including phenoxy) is 1. The molecule has 0 amide bonds. The van der Waals surface area contributed by atoms with Gasteiger partial charge in [0.15, 0.2) is 5.43 Å². The Bertz CT molecular complexity index is 937. The van der Waals surface area contributed by atoms with Crippen molar-refractivity contribution in [2.45, 2.75) is 13.8 Å². The molecule has 4 nitrogen and oxygen atoms in total. The second kappa shape index (κ2) is 5.42. The molecule has 22 heavy (non-hydrogen) atoms. The lowest BCUT2D eigenvalue weighted by molar-refractivity contribution is 0.412. The molecule has 0 aliphatic rings. The van der Waals surface area contributed by atoms with Crippen LogP contribution >= 0.6 is 11.3 Å². The Labute approximate surface area is 132 Å². The summed E-state index contributed by atoms with van der Waals surface area (Å²) in [6.45, 7) is 7.74. The molecule has 5 heteroatoms. The normalized spacial score (nSPS) is 10.9. The quantitative estimate of drug-likeness (QED) is 0.795. The first-order valence-electron chi connectivity index (χ1n) is 6.83. The molecule has 1 N–H and O–H groups in total. The van der Waals surface area contributed by atoms with Crippen LogP contribution in [0.3, 0.4) is 0 Å². The Balaban J connectivity index is 2.24. The van der Waals surface area contributed by atoms with E-state index in [1.807, 2.05) is 25.3 Å². The van der Waals surface area contributed by atoms with E-state index in [1.165, 1.54) is 11.3 Å². The standard InChI is InChI=1S/C17H16N2O2S/c1-9(2)13-8-22-17(19-13)12-7-14(20)11-5-6-15(21-4)10(3)16(11)18-12/h5-8H,1H2,2-4H3,(H,18,20). The van der Waals surface area contributed by atoms with Crippen molar-refractivity contribution in [1.82, 2.24) is 9.97 Å². The van der Waals surface area contributed by atoms with Crippen molar-refractivity contribution in [3.8, 4) is 16.5 Å². The van der Waals surface area contributed by atoms with E-state index >= 15 is 0 Å². The number of aromatic nitrogens is 2. The van der Waals surface area contributed by atoms with Gasteiger partial charge < -0.3 is 9.72 Å². The van der Waals surface area contributed by atoms with Crippen molar-refractivity contribution >= 4 is 27.8 Å². The summed E-state index contributed by atoms with van der Waals surface area (Å²) >= 11 is 1.49. The number of pyridine rings is 1. The number of allylic oxidation sites excluding steroid dienone is 1. The van der Waals surface area contributed by atoms with E-state index in [4.69, 9.17) is 4.74 Å². The van der Waals surface area contributed by atoms with E-state index in [2.05, 4.69) is 16.5 Å². The minimum absolute atomic E-state index is 0.0263. The number of rotatable bonds is 3. The van der Waals surface area contributed by atoms with Gasteiger partial charge in [-0.15, -0.1) is 11.3 Å². The Morgan fingerprint density at radius 1 is 1.41 bits per heavy atom. The molecule has 3 aromatic rings. The summed E-state index contributed by atoms with van der Waals surface area (Å²) in [7, 11) is 1.62. The van der Waals surface area contributed by atoms with Crippen LogP contribution in [0.1, 0.15) is 18.2 Å². The van der Waals surface area contributed by atoms with Crippen LogP contribution < -0.4 is 10.2 Å². The first-order chi connectivity index (χ1) is 10.5. The topological polar surface area (TPSA) is 55.0 Å². The van der Waals surface area contributed by atoms with Gasteiger partial charge in [0, 0.05) is 22.4 Å². The van der Waals surface area contributed by atoms with E-state index in [0.717, 1.165) is 33.1 Å². The number of thiazole rings is 1. The Kier molecular flexibility index (Phi) is 3.58. The van der Waals surface area contributed by atoms with Crippen molar-refractivity contribution in [1.29, 1.82) is 0 Å². The number of methoxy groups -OCH3 is 1. The van der Waals surface area contributed by atoms with Gasteiger partial charge >= 0.3 is 0 Å². The van der Waals surface area contributed by atoms with E-state index in [-0.39, 0.29) is 5.43 Å². The lowest BCUT2D eigenvalue weighted by atomic mass is 10.1. The fraction of sp³-hybridized carbons (Fsp3) is 0.176. The lowest BCUT2D eigenvalue weighted by Crippen LogP contribution is -2.04. The minimum Gasteiger partial charge on any atom is -0.496 e. The highest BCUT2D eigenvalue weighted by atomic mass is 32.1. The third-order valence-corrected chi connectivity index (χ3v) is 4.48. The van der Waals surface area contributed by atoms with E-state index in [0.29, 0.717) is 11.1 Å². The molecule has 0 atom stereocenters. The molecule has 112 valence electrons. The molecule has 0 fully saturated rings. The molecular formula is C17H16N2O2S.